The third-order valence-electron chi connectivity index (χ3n) is 3.09. The van der Waals surface area contributed by atoms with Gasteiger partial charge in [-0.15, -0.1) is 0 Å². The standard InChI is InChI=1S/C15H12BrN3O2/c1-8-3-10(4-9(2)13(8)16)14-18-15(21-19-14)11-5-12(20)7-17-6-11/h3-7,20H,1-2H3. The average Bonchev–Trinajstić information content (AvgIpc) is 2.94. The van der Waals surface area contributed by atoms with E-state index in [-0.39, 0.29) is 5.75 Å². The van der Waals surface area contributed by atoms with Crippen LogP contribution in [0.3, 0.4) is 0 Å². The summed E-state index contributed by atoms with van der Waals surface area (Å²) in [5.74, 6) is 0.890. The Kier molecular flexibility index (Phi) is 3.47. The first-order valence-electron chi connectivity index (χ1n) is 6.30. The highest BCUT2D eigenvalue weighted by molar-refractivity contribution is 9.10. The number of pyridine rings is 1. The van der Waals surface area contributed by atoms with Crippen molar-refractivity contribution in [1.29, 1.82) is 0 Å². The zero-order chi connectivity index (χ0) is 15.0. The lowest BCUT2D eigenvalue weighted by atomic mass is 10.1. The zero-order valence-corrected chi connectivity index (χ0v) is 13.0. The summed E-state index contributed by atoms with van der Waals surface area (Å²) >= 11 is 3.54. The van der Waals surface area contributed by atoms with E-state index in [4.69, 9.17) is 4.52 Å². The fraction of sp³-hybridized carbons (Fsp3) is 0.133. The molecule has 5 nitrogen and oxygen atoms in total. The summed E-state index contributed by atoms with van der Waals surface area (Å²) in [6, 6.07) is 5.52. The Bertz CT molecular complexity index is 791. The molecule has 6 heteroatoms. The fourth-order valence-corrected chi connectivity index (χ4v) is 2.31. The van der Waals surface area contributed by atoms with Crippen molar-refractivity contribution < 1.29 is 9.63 Å². The van der Waals surface area contributed by atoms with Crippen LogP contribution in [0.5, 0.6) is 5.75 Å². The van der Waals surface area contributed by atoms with E-state index in [1.54, 1.807) is 6.20 Å². The quantitative estimate of drug-likeness (QED) is 0.762. The molecule has 0 aliphatic carbocycles. The summed E-state index contributed by atoms with van der Waals surface area (Å²) in [5.41, 5.74) is 3.68. The second-order valence-electron chi connectivity index (χ2n) is 4.78. The van der Waals surface area contributed by atoms with E-state index in [0.717, 1.165) is 21.2 Å². The van der Waals surface area contributed by atoms with E-state index in [0.29, 0.717) is 17.3 Å². The number of aryl methyl sites for hydroxylation is 2. The number of hydrogen-bond donors (Lipinski definition) is 1. The van der Waals surface area contributed by atoms with Crippen molar-refractivity contribution >= 4 is 15.9 Å². The first-order chi connectivity index (χ1) is 10.0. The van der Waals surface area contributed by atoms with Gasteiger partial charge in [0, 0.05) is 16.2 Å². The lowest BCUT2D eigenvalue weighted by Crippen LogP contribution is -1.87. The Morgan fingerprint density at radius 2 is 1.76 bits per heavy atom. The van der Waals surface area contributed by atoms with Crippen molar-refractivity contribution in [3.05, 3.63) is 46.2 Å². The number of halogens is 1. The average molecular weight is 346 g/mol. The van der Waals surface area contributed by atoms with E-state index in [1.165, 1.54) is 12.3 Å². The van der Waals surface area contributed by atoms with Crippen LogP contribution in [-0.2, 0) is 0 Å². The maximum atomic E-state index is 9.44. The topological polar surface area (TPSA) is 72.0 Å². The van der Waals surface area contributed by atoms with Crippen LogP contribution in [0, 0.1) is 13.8 Å². The lowest BCUT2D eigenvalue weighted by Gasteiger charge is -2.04. The minimum Gasteiger partial charge on any atom is -0.506 e. The van der Waals surface area contributed by atoms with Gasteiger partial charge in [-0.3, -0.25) is 4.98 Å². The molecule has 0 aliphatic heterocycles. The highest BCUT2D eigenvalue weighted by Crippen LogP contribution is 2.28. The smallest absolute Gasteiger partial charge is 0.259 e. The van der Waals surface area contributed by atoms with Gasteiger partial charge in [0.15, 0.2) is 0 Å². The second-order valence-corrected chi connectivity index (χ2v) is 5.57. The summed E-state index contributed by atoms with van der Waals surface area (Å²) < 4.78 is 6.32. The van der Waals surface area contributed by atoms with Gasteiger partial charge in [-0.05, 0) is 43.2 Å². The van der Waals surface area contributed by atoms with Crippen LogP contribution in [0.4, 0.5) is 0 Å². The summed E-state index contributed by atoms with van der Waals surface area (Å²) in [6.07, 6.45) is 2.91. The van der Waals surface area contributed by atoms with Gasteiger partial charge in [-0.25, -0.2) is 0 Å². The molecule has 1 aromatic carbocycles. The number of aromatic hydroxyl groups is 1. The third-order valence-corrected chi connectivity index (χ3v) is 4.34. The number of benzene rings is 1. The monoisotopic (exact) mass is 345 g/mol. The molecule has 0 spiro atoms. The molecule has 0 atom stereocenters. The van der Waals surface area contributed by atoms with E-state index < -0.39 is 0 Å². The lowest BCUT2D eigenvalue weighted by molar-refractivity contribution is 0.431. The van der Waals surface area contributed by atoms with E-state index in [1.807, 2.05) is 26.0 Å². The molecule has 2 aromatic heterocycles. The van der Waals surface area contributed by atoms with E-state index >= 15 is 0 Å². The van der Waals surface area contributed by atoms with Crippen LogP contribution in [0.2, 0.25) is 0 Å². The largest absolute Gasteiger partial charge is 0.506 e. The zero-order valence-electron chi connectivity index (χ0n) is 11.5. The molecule has 0 saturated heterocycles. The van der Waals surface area contributed by atoms with Gasteiger partial charge in [-0.2, -0.15) is 4.98 Å². The first-order valence-corrected chi connectivity index (χ1v) is 7.09. The summed E-state index contributed by atoms with van der Waals surface area (Å²) in [6.45, 7) is 4.03. The first kappa shape index (κ1) is 13.8. The van der Waals surface area contributed by atoms with Gasteiger partial charge in [-0.1, -0.05) is 21.1 Å². The molecule has 0 bridgehead atoms. The molecule has 1 N–H and O–H groups in total. The number of aromatic nitrogens is 3. The van der Waals surface area contributed by atoms with Crippen molar-refractivity contribution in [2.45, 2.75) is 13.8 Å². The Labute approximate surface area is 129 Å². The van der Waals surface area contributed by atoms with Crippen LogP contribution in [0.15, 0.2) is 39.6 Å². The second kappa shape index (κ2) is 5.29. The van der Waals surface area contributed by atoms with Gasteiger partial charge in [0.05, 0.1) is 11.8 Å². The Morgan fingerprint density at radius 1 is 1.05 bits per heavy atom. The van der Waals surface area contributed by atoms with Crippen LogP contribution >= 0.6 is 15.9 Å². The summed E-state index contributed by atoms with van der Waals surface area (Å²) in [7, 11) is 0. The van der Waals surface area contributed by atoms with Crippen molar-refractivity contribution in [2.24, 2.45) is 0 Å². The van der Waals surface area contributed by atoms with Gasteiger partial charge in [0.1, 0.15) is 5.75 Å². The minimum absolute atomic E-state index is 0.0579. The number of hydrogen-bond acceptors (Lipinski definition) is 5. The number of nitrogens with zero attached hydrogens (tertiary/aromatic N) is 3. The molecule has 0 saturated carbocycles. The molecule has 0 unspecified atom stereocenters. The molecule has 0 aliphatic rings. The molecule has 0 radical (unpaired) electrons. The van der Waals surface area contributed by atoms with Gasteiger partial charge >= 0.3 is 0 Å². The maximum absolute atomic E-state index is 9.44. The summed E-state index contributed by atoms with van der Waals surface area (Å²) in [5, 5.41) is 13.4. The van der Waals surface area contributed by atoms with Crippen molar-refractivity contribution in [1.82, 2.24) is 15.1 Å². The van der Waals surface area contributed by atoms with Crippen molar-refractivity contribution in [3.8, 4) is 28.6 Å². The van der Waals surface area contributed by atoms with Gasteiger partial charge in [0.25, 0.3) is 5.89 Å². The van der Waals surface area contributed by atoms with E-state index in [2.05, 4.69) is 31.1 Å². The third kappa shape index (κ3) is 2.67. The minimum atomic E-state index is 0.0579. The molecule has 21 heavy (non-hydrogen) atoms. The molecule has 3 rings (SSSR count). The Balaban J connectivity index is 2.02. The highest BCUT2D eigenvalue weighted by Gasteiger charge is 2.13. The predicted octanol–water partition coefficient (Wildman–Crippen LogP) is 3.88. The number of rotatable bonds is 2. The normalized spacial score (nSPS) is 10.8. The van der Waals surface area contributed by atoms with Crippen LogP contribution in [0.1, 0.15) is 11.1 Å². The molecular weight excluding hydrogens is 334 g/mol. The molecule has 0 amide bonds. The van der Waals surface area contributed by atoms with Gasteiger partial charge in [0.2, 0.25) is 5.82 Å². The molecule has 106 valence electrons. The van der Waals surface area contributed by atoms with E-state index in [9.17, 15) is 5.11 Å². The van der Waals surface area contributed by atoms with Crippen LogP contribution < -0.4 is 0 Å². The van der Waals surface area contributed by atoms with Crippen LogP contribution in [-0.4, -0.2) is 20.2 Å². The Hall–Kier alpha value is -2.21. The molecule has 0 fully saturated rings. The van der Waals surface area contributed by atoms with Gasteiger partial charge < -0.3 is 9.63 Å². The van der Waals surface area contributed by atoms with Crippen molar-refractivity contribution in [3.63, 3.8) is 0 Å². The predicted molar refractivity (Wildman–Crippen MR) is 81.8 cm³/mol. The fourth-order valence-electron chi connectivity index (χ4n) is 2.08. The molecular formula is C15H12BrN3O2. The maximum Gasteiger partial charge on any atom is 0.259 e. The van der Waals surface area contributed by atoms with Crippen molar-refractivity contribution in [2.75, 3.05) is 0 Å². The SMILES string of the molecule is Cc1cc(-c2noc(-c3cncc(O)c3)n2)cc(C)c1Br. The molecule has 3 aromatic rings. The highest BCUT2D eigenvalue weighted by atomic mass is 79.9. The van der Waals surface area contributed by atoms with Crippen LogP contribution in [0.25, 0.3) is 22.8 Å². The molecule has 2 heterocycles. The summed E-state index contributed by atoms with van der Waals surface area (Å²) in [4.78, 5) is 8.26. The Morgan fingerprint density at radius 3 is 2.43 bits per heavy atom.